The van der Waals surface area contributed by atoms with Crippen molar-refractivity contribution in [1.29, 1.82) is 0 Å². The van der Waals surface area contributed by atoms with Crippen LogP contribution in [0.3, 0.4) is 0 Å². The van der Waals surface area contributed by atoms with Crippen LogP contribution in [0.2, 0.25) is 0 Å². The van der Waals surface area contributed by atoms with Crippen molar-refractivity contribution in [1.82, 2.24) is 15.4 Å². The topological polar surface area (TPSA) is 91.8 Å². The Balaban J connectivity index is 0.00000361. The van der Waals surface area contributed by atoms with Crippen LogP contribution < -0.4 is 15.4 Å². The summed E-state index contributed by atoms with van der Waals surface area (Å²) in [6.45, 7) is 4.00. The summed E-state index contributed by atoms with van der Waals surface area (Å²) in [5.41, 5.74) is 0. The molecule has 0 aliphatic carbocycles. The lowest BCUT2D eigenvalue weighted by Gasteiger charge is -2.15. The van der Waals surface area contributed by atoms with Gasteiger partial charge in [0.05, 0.1) is 11.9 Å². The molecule has 20 heavy (non-hydrogen) atoms. The Bertz CT molecular complexity index is 383. The van der Waals surface area contributed by atoms with Crippen molar-refractivity contribution < 1.29 is 13.2 Å². The van der Waals surface area contributed by atoms with E-state index in [-0.39, 0.29) is 35.8 Å². The number of rotatable bonds is 7. The van der Waals surface area contributed by atoms with Crippen LogP contribution in [-0.2, 0) is 14.8 Å². The van der Waals surface area contributed by atoms with E-state index in [2.05, 4.69) is 20.3 Å². The van der Waals surface area contributed by atoms with E-state index in [1.54, 1.807) is 14.0 Å². The van der Waals surface area contributed by atoms with Gasteiger partial charge in [-0.25, -0.2) is 13.1 Å². The third kappa shape index (κ3) is 8.22. The van der Waals surface area contributed by atoms with Crippen molar-refractivity contribution in [3.8, 4) is 0 Å². The number of guanidine groups is 1. The van der Waals surface area contributed by atoms with Crippen molar-refractivity contribution in [2.75, 3.05) is 39.0 Å². The number of hydrogen-bond acceptors (Lipinski definition) is 4. The largest absolute Gasteiger partial charge is 0.376 e. The van der Waals surface area contributed by atoms with Crippen LogP contribution in [0.1, 0.15) is 19.8 Å². The number of ether oxygens (including phenoxy) is 1. The van der Waals surface area contributed by atoms with Gasteiger partial charge in [-0.05, 0) is 19.8 Å². The minimum atomic E-state index is -3.12. The summed E-state index contributed by atoms with van der Waals surface area (Å²) in [5, 5.41) is 6.21. The first-order chi connectivity index (χ1) is 9.07. The second-order valence-electron chi connectivity index (χ2n) is 4.31. The van der Waals surface area contributed by atoms with Crippen LogP contribution in [0.15, 0.2) is 4.99 Å². The van der Waals surface area contributed by atoms with E-state index in [0.29, 0.717) is 19.0 Å². The summed E-state index contributed by atoms with van der Waals surface area (Å²) < 4.78 is 30.4. The number of hydrogen-bond donors (Lipinski definition) is 3. The average molecular weight is 420 g/mol. The maximum absolute atomic E-state index is 11.2. The SMILES string of the molecule is CCS(=O)(=O)NCCNC(=NC)NCC1CCCO1.I. The molecule has 9 heteroatoms. The standard InChI is InChI=1S/C11H24N4O3S.HI/c1-3-19(16,17)15-7-6-13-11(12-2)14-9-10-5-4-8-18-10;/h10,15H,3-9H2,1-2H3,(H2,12,13,14);1H. The monoisotopic (exact) mass is 420 g/mol. The van der Waals surface area contributed by atoms with Gasteiger partial charge in [-0.2, -0.15) is 0 Å². The predicted molar refractivity (Wildman–Crippen MR) is 91.2 cm³/mol. The van der Waals surface area contributed by atoms with Crippen LogP contribution in [0.4, 0.5) is 0 Å². The summed E-state index contributed by atoms with van der Waals surface area (Å²) in [6, 6.07) is 0. The number of aliphatic imine (C=N–C) groups is 1. The van der Waals surface area contributed by atoms with Crippen LogP contribution in [0.25, 0.3) is 0 Å². The molecule has 1 atom stereocenters. The quantitative estimate of drug-likeness (QED) is 0.231. The van der Waals surface area contributed by atoms with E-state index in [0.717, 1.165) is 26.0 Å². The van der Waals surface area contributed by atoms with E-state index in [1.807, 2.05) is 0 Å². The molecule has 1 heterocycles. The first-order valence-electron chi connectivity index (χ1n) is 6.61. The highest BCUT2D eigenvalue weighted by atomic mass is 127. The van der Waals surface area contributed by atoms with E-state index in [9.17, 15) is 8.42 Å². The van der Waals surface area contributed by atoms with Crippen molar-refractivity contribution >= 4 is 40.0 Å². The second-order valence-corrected chi connectivity index (χ2v) is 6.41. The third-order valence-corrected chi connectivity index (χ3v) is 4.27. The molecule has 120 valence electrons. The van der Waals surface area contributed by atoms with E-state index < -0.39 is 10.0 Å². The lowest BCUT2D eigenvalue weighted by atomic mass is 10.2. The molecular formula is C11H25IN4O3S. The molecule has 0 aromatic rings. The van der Waals surface area contributed by atoms with Gasteiger partial charge in [-0.1, -0.05) is 0 Å². The van der Waals surface area contributed by atoms with Gasteiger partial charge in [0, 0.05) is 33.3 Å². The molecule has 1 rings (SSSR count). The molecular weight excluding hydrogens is 395 g/mol. The number of nitrogens with zero attached hydrogens (tertiary/aromatic N) is 1. The molecule has 1 aliphatic rings. The Hall–Kier alpha value is -0.130. The molecule has 0 spiro atoms. The maximum atomic E-state index is 11.2. The molecule has 0 saturated carbocycles. The van der Waals surface area contributed by atoms with Gasteiger partial charge in [0.2, 0.25) is 10.0 Å². The van der Waals surface area contributed by atoms with E-state index in [4.69, 9.17) is 4.74 Å². The first kappa shape index (κ1) is 19.9. The van der Waals surface area contributed by atoms with Gasteiger partial charge in [0.25, 0.3) is 0 Å². The molecule has 7 nitrogen and oxygen atoms in total. The van der Waals surface area contributed by atoms with Crippen molar-refractivity contribution in [2.45, 2.75) is 25.9 Å². The van der Waals surface area contributed by atoms with Crippen LogP contribution in [0.5, 0.6) is 0 Å². The summed E-state index contributed by atoms with van der Waals surface area (Å²) in [6.07, 6.45) is 2.43. The molecule has 1 unspecified atom stereocenters. The Morgan fingerprint density at radius 1 is 1.35 bits per heavy atom. The van der Waals surface area contributed by atoms with Crippen LogP contribution in [-0.4, -0.2) is 59.5 Å². The average Bonchev–Trinajstić information content (AvgIpc) is 2.91. The number of sulfonamides is 1. The van der Waals surface area contributed by atoms with Crippen LogP contribution >= 0.6 is 24.0 Å². The predicted octanol–water partition coefficient (Wildman–Crippen LogP) is -0.112. The molecule has 0 radical (unpaired) electrons. The molecule has 0 aromatic carbocycles. The lowest BCUT2D eigenvalue weighted by Crippen LogP contribution is -2.44. The normalized spacial score (nSPS) is 19.5. The highest BCUT2D eigenvalue weighted by molar-refractivity contribution is 14.0. The molecule has 3 N–H and O–H groups in total. The van der Waals surface area contributed by atoms with Gasteiger partial charge < -0.3 is 15.4 Å². The summed E-state index contributed by atoms with van der Waals surface area (Å²) in [7, 11) is -1.44. The Kier molecular flexibility index (Phi) is 10.5. The number of halogens is 1. The van der Waals surface area contributed by atoms with Crippen molar-refractivity contribution in [3.63, 3.8) is 0 Å². The summed E-state index contributed by atoms with van der Waals surface area (Å²) in [4.78, 5) is 4.06. The van der Waals surface area contributed by atoms with Gasteiger partial charge in [-0.15, -0.1) is 24.0 Å². The fraction of sp³-hybridized carbons (Fsp3) is 0.909. The highest BCUT2D eigenvalue weighted by Crippen LogP contribution is 2.10. The third-order valence-electron chi connectivity index (χ3n) is 2.86. The maximum Gasteiger partial charge on any atom is 0.211 e. The Labute approximate surface area is 138 Å². The van der Waals surface area contributed by atoms with Crippen LogP contribution in [0, 0.1) is 0 Å². The van der Waals surface area contributed by atoms with E-state index in [1.165, 1.54) is 0 Å². The zero-order chi connectivity index (χ0) is 14.1. The summed E-state index contributed by atoms with van der Waals surface area (Å²) >= 11 is 0. The zero-order valence-corrected chi connectivity index (χ0v) is 15.2. The highest BCUT2D eigenvalue weighted by Gasteiger charge is 2.15. The fourth-order valence-electron chi connectivity index (χ4n) is 1.73. The van der Waals surface area contributed by atoms with Gasteiger partial charge in [0.15, 0.2) is 5.96 Å². The number of nitrogens with one attached hydrogen (secondary N) is 3. The van der Waals surface area contributed by atoms with Crippen molar-refractivity contribution in [2.24, 2.45) is 4.99 Å². The molecule has 0 aromatic heterocycles. The molecule has 0 amide bonds. The smallest absolute Gasteiger partial charge is 0.211 e. The van der Waals surface area contributed by atoms with E-state index >= 15 is 0 Å². The lowest BCUT2D eigenvalue weighted by molar-refractivity contribution is 0.114. The van der Waals surface area contributed by atoms with Gasteiger partial charge >= 0.3 is 0 Å². The minimum absolute atomic E-state index is 0. The molecule has 1 fully saturated rings. The first-order valence-corrected chi connectivity index (χ1v) is 8.26. The zero-order valence-electron chi connectivity index (χ0n) is 12.0. The fourth-order valence-corrected chi connectivity index (χ4v) is 2.34. The van der Waals surface area contributed by atoms with Crippen molar-refractivity contribution in [3.05, 3.63) is 0 Å². The Morgan fingerprint density at radius 2 is 2.10 bits per heavy atom. The van der Waals surface area contributed by atoms with Gasteiger partial charge in [0.1, 0.15) is 0 Å². The second kappa shape index (κ2) is 10.6. The Morgan fingerprint density at radius 3 is 2.65 bits per heavy atom. The molecule has 1 aliphatic heterocycles. The molecule has 0 bridgehead atoms. The molecule has 1 saturated heterocycles. The minimum Gasteiger partial charge on any atom is -0.376 e. The van der Waals surface area contributed by atoms with Gasteiger partial charge in [-0.3, -0.25) is 4.99 Å². The summed E-state index contributed by atoms with van der Waals surface area (Å²) in [5.74, 6) is 0.755.